The zero-order chi connectivity index (χ0) is 44.5. The fourth-order valence-corrected chi connectivity index (χ4v) is 7.60. The predicted octanol–water partition coefficient (Wildman–Crippen LogP) is 15.6. The first-order chi connectivity index (χ1) is 30.0. The lowest BCUT2D eigenvalue weighted by Crippen LogP contribution is -2.46. The van der Waals surface area contributed by atoms with E-state index in [2.05, 4.69) is 86.8 Å². The summed E-state index contributed by atoms with van der Waals surface area (Å²) >= 11 is 0. The minimum Gasteiger partial charge on any atom is -0.462 e. The maximum Gasteiger partial charge on any atom is 0.306 e. The van der Waals surface area contributed by atoms with Crippen molar-refractivity contribution in [1.82, 2.24) is 5.32 Å². The van der Waals surface area contributed by atoms with E-state index in [4.69, 9.17) is 4.74 Å². The maximum atomic E-state index is 13.2. The van der Waals surface area contributed by atoms with Crippen molar-refractivity contribution >= 4 is 11.9 Å². The van der Waals surface area contributed by atoms with E-state index < -0.39 is 18.2 Å². The number of unbranched alkanes of at least 4 members (excludes halogenated alkanes) is 25. The summed E-state index contributed by atoms with van der Waals surface area (Å²) in [5, 5.41) is 23.7. The fraction of sp³-hybridized carbons (Fsp3) is 0.782. The van der Waals surface area contributed by atoms with E-state index in [-0.39, 0.29) is 24.9 Å². The second-order valence-corrected chi connectivity index (χ2v) is 17.6. The van der Waals surface area contributed by atoms with Gasteiger partial charge in [0.15, 0.2) is 0 Å². The van der Waals surface area contributed by atoms with Gasteiger partial charge in [0.25, 0.3) is 0 Å². The van der Waals surface area contributed by atoms with E-state index in [0.29, 0.717) is 19.3 Å². The van der Waals surface area contributed by atoms with E-state index in [1.54, 1.807) is 0 Å². The van der Waals surface area contributed by atoms with Gasteiger partial charge in [-0.2, -0.15) is 0 Å². The molecule has 1 amide bonds. The standard InChI is InChI=1S/C55H99NO5/c1-4-7-10-13-16-19-22-25-27-29-31-34-37-40-43-46-51(61-55(60)48-45-42-39-36-33-30-28-26-23-20-17-14-11-8-5-2)49-54(59)56-52(50-57)53(58)47-44-41-38-35-32-24-21-18-15-12-9-6-3/h16-17,19-20,23,25-27,31,34,51-53,57-58H,4-15,18,21-22,24,28-30,32-33,35-50H2,1-3H3,(H,56,59)/b19-16-,20-17+,26-23+,27-25-,34-31-. The van der Waals surface area contributed by atoms with Gasteiger partial charge in [0, 0.05) is 6.42 Å². The molecule has 0 aromatic rings. The molecular formula is C55H99NO5. The molecule has 0 radical (unpaired) electrons. The molecule has 3 unspecified atom stereocenters. The van der Waals surface area contributed by atoms with Crippen LogP contribution in [0.2, 0.25) is 0 Å². The number of hydrogen-bond acceptors (Lipinski definition) is 5. The lowest BCUT2D eigenvalue weighted by atomic mass is 10.0. The topological polar surface area (TPSA) is 95.9 Å². The van der Waals surface area contributed by atoms with Crippen LogP contribution >= 0.6 is 0 Å². The summed E-state index contributed by atoms with van der Waals surface area (Å²) in [6.07, 6.45) is 59.9. The molecule has 6 nitrogen and oxygen atoms in total. The Balaban J connectivity index is 4.68. The van der Waals surface area contributed by atoms with Crippen LogP contribution in [0.15, 0.2) is 60.8 Å². The van der Waals surface area contributed by atoms with Gasteiger partial charge in [-0.15, -0.1) is 0 Å². The van der Waals surface area contributed by atoms with Crippen molar-refractivity contribution < 1.29 is 24.5 Å². The number of hydrogen-bond donors (Lipinski definition) is 3. The Hall–Kier alpha value is -2.44. The van der Waals surface area contributed by atoms with Crippen LogP contribution in [-0.4, -0.2) is 46.9 Å². The fourth-order valence-electron chi connectivity index (χ4n) is 7.60. The van der Waals surface area contributed by atoms with Gasteiger partial charge in [-0.05, 0) is 89.9 Å². The van der Waals surface area contributed by atoms with Gasteiger partial charge in [0.2, 0.25) is 5.91 Å². The van der Waals surface area contributed by atoms with Gasteiger partial charge in [-0.3, -0.25) is 9.59 Å². The smallest absolute Gasteiger partial charge is 0.306 e. The van der Waals surface area contributed by atoms with Crippen LogP contribution in [-0.2, 0) is 14.3 Å². The number of rotatable bonds is 46. The van der Waals surface area contributed by atoms with Crippen LogP contribution in [0.3, 0.4) is 0 Å². The lowest BCUT2D eigenvalue weighted by Gasteiger charge is -2.24. The van der Waals surface area contributed by atoms with Crippen molar-refractivity contribution in [3.05, 3.63) is 60.8 Å². The number of allylic oxidation sites excluding steroid dienone is 10. The molecule has 61 heavy (non-hydrogen) atoms. The molecule has 3 N–H and O–H groups in total. The highest BCUT2D eigenvalue weighted by Crippen LogP contribution is 2.17. The first-order valence-corrected chi connectivity index (χ1v) is 26.0. The average molecular weight is 854 g/mol. The summed E-state index contributed by atoms with van der Waals surface area (Å²) in [5.41, 5.74) is 0. The molecule has 0 saturated carbocycles. The van der Waals surface area contributed by atoms with Crippen molar-refractivity contribution in [2.75, 3.05) is 6.61 Å². The normalized spacial score (nSPS) is 13.7. The number of ether oxygens (including phenoxy) is 1. The van der Waals surface area contributed by atoms with Crippen LogP contribution in [0.1, 0.15) is 252 Å². The summed E-state index contributed by atoms with van der Waals surface area (Å²) < 4.78 is 5.91. The summed E-state index contributed by atoms with van der Waals surface area (Å²) in [6, 6.07) is -0.717. The molecule has 0 rings (SSSR count). The second-order valence-electron chi connectivity index (χ2n) is 17.6. The van der Waals surface area contributed by atoms with E-state index in [9.17, 15) is 19.8 Å². The first-order valence-electron chi connectivity index (χ1n) is 26.0. The van der Waals surface area contributed by atoms with Crippen molar-refractivity contribution in [3.8, 4) is 0 Å². The van der Waals surface area contributed by atoms with Gasteiger partial charge >= 0.3 is 5.97 Å². The van der Waals surface area contributed by atoms with E-state index >= 15 is 0 Å². The molecule has 0 aliphatic heterocycles. The number of aliphatic hydroxyl groups is 2. The van der Waals surface area contributed by atoms with Crippen LogP contribution in [0.4, 0.5) is 0 Å². The summed E-state index contributed by atoms with van der Waals surface area (Å²) in [6.45, 7) is 6.41. The maximum absolute atomic E-state index is 13.2. The highest BCUT2D eigenvalue weighted by atomic mass is 16.5. The molecule has 0 fully saturated rings. The van der Waals surface area contributed by atoms with Gasteiger partial charge < -0.3 is 20.3 Å². The van der Waals surface area contributed by atoms with E-state index in [1.807, 2.05) is 0 Å². The quantitative estimate of drug-likeness (QED) is 0.0245. The Kier molecular flexibility index (Phi) is 46.6. The average Bonchev–Trinajstić information content (AvgIpc) is 3.25. The Morgan fingerprint density at radius 1 is 0.492 bits per heavy atom. The number of carbonyl (C=O) groups is 2. The molecule has 0 aromatic carbocycles. The second kappa shape index (κ2) is 48.6. The molecule has 0 bridgehead atoms. The Morgan fingerprint density at radius 3 is 1.41 bits per heavy atom. The molecule has 0 aromatic heterocycles. The van der Waals surface area contributed by atoms with Crippen LogP contribution < -0.4 is 5.32 Å². The third-order valence-electron chi connectivity index (χ3n) is 11.6. The van der Waals surface area contributed by atoms with Gasteiger partial charge in [-0.1, -0.05) is 210 Å². The summed E-state index contributed by atoms with van der Waals surface area (Å²) in [5.74, 6) is -0.523. The number of carbonyl (C=O) groups excluding carboxylic acids is 2. The minimum atomic E-state index is -0.801. The van der Waals surface area contributed by atoms with Gasteiger partial charge in [0.05, 0.1) is 25.2 Å². The highest BCUT2D eigenvalue weighted by Gasteiger charge is 2.24. The SMILES string of the molecule is CCCCC/C=C\C/C=C\C/C=C\CCCCC(CC(=O)NC(CO)C(O)CCCCCCCCCCCCCC)OC(=O)CCCCCCCC/C=C/C=C/CCCCC. The van der Waals surface area contributed by atoms with Crippen molar-refractivity contribution in [1.29, 1.82) is 0 Å². The molecule has 6 heteroatoms. The molecule has 0 heterocycles. The van der Waals surface area contributed by atoms with Crippen LogP contribution in [0.25, 0.3) is 0 Å². The Bertz CT molecular complexity index is 1090. The lowest BCUT2D eigenvalue weighted by molar-refractivity contribution is -0.151. The van der Waals surface area contributed by atoms with E-state index in [0.717, 1.165) is 77.0 Å². The monoisotopic (exact) mass is 854 g/mol. The molecule has 0 aliphatic rings. The van der Waals surface area contributed by atoms with Gasteiger partial charge in [-0.25, -0.2) is 0 Å². The molecule has 0 aliphatic carbocycles. The summed E-state index contributed by atoms with van der Waals surface area (Å²) in [4.78, 5) is 26.1. The Labute approximate surface area is 378 Å². The molecule has 0 spiro atoms. The number of nitrogens with one attached hydrogen (secondary N) is 1. The van der Waals surface area contributed by atoms with Crippen LogP contribution in [0, 0.1) is 0 Å². The van der Waals surface area contributed by atoms with Gasteiger partial charge in [0.1, 0.15) is 6.10 Å². The number of amides is 1. The molecule has 354 valence electrons. The molecule has 3 atom stereocenters. The third-order valence-corrected chi connectivity index (χ3v) is 11.6. The van der Waals surface area contributed by atoms with E-state index in [1.165, 1.54) is 128 Å². The number of aliphatic hydroxyl groups excluding tert-OH is 2. The van der Waals surface area contributed by atoms with Crippen LogP contribution in [0.5, 0.6) is 0 Å². The zero-order valence-electron chi connectivity index (χ0n) is 40.3. The third kappa shape index (κ3) is 44.0. The number of esters is 1. The summed E-state index contributed by atoms with van der Waals surface area (Å²) in [7, 11) is 0. The molecule has 0 saturated heterocycles. The first kappa shape index (κ1) is 58.6. The largest absolute Gasteiger partial charge is 0.462 e. The predicted molar refractivity (Wildman–Crippen MR) is 264 cm³/mol. The van der Waals surface area contributed by atoms with Crippen molar-refractivity contribution in [2.45, 2.75) is 270 Å². The molecular weight excluding hydrogens is 755 g/mol. The Morgan fingerprint density at radius 2 is 0.885 bits per heavy atom. The zero-order valence-corrected chi connectivity index (χ0v) is 40.3. The highest BCUT2D eigenvalue weighted by molar-refractivity contribution is 5.77. The van der Waals surface area contributed by atoms with Crippen molar-refractivity contribution in [3.63, 3.8) is 0 Å². The minimum absolute atomic E-state index is 0.0460. The van der Waals surface area contributed by atoms with Crippen molar-refractivity contribution in [2.24, 2.45) is 0 Å².